The van der Waals surface area contributed by atoms with Crippen LogP contribution in [0.5, 0.6) is 5.75 Å². The standard InChI is InChI=1S/C7H5Cl2O5P.2Na/c8-5-2-1-4(3-6(5)9)14-7(10)15(11,12)13;;/h1-3H,(H2,11,12,13);;. The van der Waals surface area contributed by atoms with Gasteiger partial charge in [0.15, 0.2) is 0 Å². The Morgan fingerprint density at radius 2 is 1.71 bits per heavy atom. The summed E-state index contributed by atoms with van der Waals surface area (Å²) in [4.78, 5) is 27.7. The molecule has 5 nitrogen and oxygen atoms in total. The van der Waals surface area contributed by atoms with Crippen molar-refractivity contribution < 1.29 is 23.9 Å². The van der Waals surface area contributed by atoms with E-state index < -0.39 is 13.3 Å². The zero-order valence-corrected chi connectivity index (χ0v) is 15.5. The summed E-state index contributed by atoms with van der Waals surface area (Å²) in [6.07, 6.45) is 0. The predicted molar refractivity (Wildman–Crippen MR) is 66.0 cm³/mol. The van der Waals surface area contributed by atoms with Gasteiger partial charge in [0.25, 0.3) is 0 Å². The fourth-order valence-corrected chi connectivity index (χ4v) is 1.21. The molecule has 0 spiro atoms. The molecule has 0 unspecified atom stereocenters. The maximum atomic E-state index is 10.8. The van der Waals surface area contributed by atoms with E-state index in [2.05, 4.69) is 4.74 Å². The molecule has 84 valence electrons. The van der Waals surface area contributed by atoms with Crippen LogP contribution in [-0.4, -0.2) is 74.6 Å². The number of carbonyl (C=O) groups excluding carboxylic acids is 1. The second-order valence-electron chi connectivity index (χ2n) is 2.49. The van der Waals surface area contributed by atoms with E-state index in [0.29, 0.717) is 0 Å². The van der Waals surface area contributed by atoms with Crippen LogP contribution in [0.4, 0.5) is 4.79 Å². The fraction of sp³-hybridized carbons (Fsp3) is 0. The summed E-state index contributed by atoms with van der Waals surface area (Å²) in [5.41, 5.74) is -1.64. The van der Waals surface area contributed by atoms with Crippen molar-refractivity contribution >= 4 is 95.6 Å². The number of carbonyl (C=O) groups is 1. The predicted octanol–water partition coefficient (Wildman–Crippen LogP) is 1.91. The summed E-state index contributed by atoms with van der Waals surface area (Å²) in [5, 5.41) is 0.361. The Bertz CT molecular complexity index is 450. The molecule has 0 bridgehead atoms. The van der Waals surface area contributed by atoms with Crippen molar-refractivity contribution in [2.24, 2.45) is 0 Å². The Morgan fingerprint density at radius 3 is 2.12 bits per heavy atom. The van der Waals surface area contributed by atoms with E-state index in [-0.39, 0.29) is 74.9 Å². The molecule has 0 amide bonds. The Hall–Kier alpha value is 1.42. The van der Waals surface area contributed by atoms with Gasteiger partial charge in [0.05, 0.1) is 10.0 Å². The number of hydrogen-bond acceptors (Lipinski definition) is 3. The van der Waals surface area contributed by atoms with Gasteiger partial charge >= 0.3 is 13.3 Å². The first-order valence-corrected chi connectivity index (χ1v) is 5.90. The van der Waals surface area contributed by atoms with Crippen LogP contribution in [0, 0.1) is 0 Å². The summed E-state index contributed by atoms with van der Waals surface area (Å²) in [5.74, 6) is -0.0854. The van der Waals surface area contributed by atoms with Gasteiger partial charge in [-0.15, -0.1) is 0 Å². The van der Waals surface area contributed by atoms with Crippen LogP contribution < -0.4 is 4.74 Å². The smallest absolute Gasteiger partial charge is 0.417 e. The zero-order chi connectivity index (χ0) is 11.6. The van der Waals surface area contributed by atoms with Gasteiger partial charge in [0.2, 0.25) is 0 Å². The van der Waals surface area contributed by atoms with E-state index in [1.54, 1.807) is 0 Å². The Morgan fingerprint density at radius 1 is 1.18 bits per heavy atom. The molecule has 1 aromatic carbocycles. The molecule has 0 aromatic heterocycles. The molecule has 0 aliphatic rings. The average Bonchev–Trinajstić information content (AvgIpc) is 2.10. The van der Waals surface area contributed by atoms with Crippen LogP contribution in [0.15, 0.2) is 18.2 Å². The first kappa shape index (κ1) is 20.7. The van der Waals surface area contributed by atoms with Crippen molar-refractivity contribution in [2.75, 3.05) is 0 Å². The largest absolute Gasteiger partial charge is 0.433 e. The minimum Gasteiger partial charge on any atom is -0.417 e. The van der Waals surface area contributed by atoms with E-state index in [1.807, 2.05) is 0 Å². The van der Waals surface area contributed by atoms with E-state index in [4.69, 9.17) is 33.0 Å². The van der Waals surface area contributed by atoms with Crippen molar-refractivity contribution in [2.45, 2.75) is 0 Å². The second-order valence-corrected chi connectivity index (χ2v) is 4.76. The molecule has 10 heteroatoms. The molecule has 0 aliphatic carbocycles. The quantitative estimate of drug-likeness (QED) is 0.643. The third kappa shape index (κ3) is 6.95. The first-order valence-electron chi connectivity index (χ1n) is 3.53. The number of hydrogen-bond donors (Lipinski definition) is 2. The van der Waals surface area contributed by atoms with Gasteiger partial charge in [-0.25, -0.2) is 9.36 Å². The number of ether oxygens (including phenoxy) is 1. The SMILES string of the molecule is O=C(Oc1ccc(Cl)c(Cl)c1)P(=O)(O)O.[Na].[Na]. The first-order chi connectivity index (χ1) is 6.80. The molecule has 0 heterocycles. The van der Waals surface area contributed by atoms with Crippen LogP contribution in [0.25, 0.3) is 0 Å². The van der Waals surface area contributed by atoms with Crippen molar-refractivity contribution in [3.8, 4) is 5.75 Å². The van der Waals surface area contributed by atoms with E-state index in [1.165, 1.54) is 18.2 Å². The van der Waals surface area contributed by atoms with Gasteiger partial charge in [-0.1, -0.05) is 23.2 Å². The maximum Gasteiger partial charge on any atom is 0.433 e. The summed E-state index contributed by atoms with van der Waals surface area (Å²) in [6.45, 7) is 0. The molecule has 1 rings (SSSR count). The van der Waals surface area contributed by atoms with Gasteiger partial charge in [-0.05, 0) is 12.1 Å². The second kappa shape index (κ2) is 8.56. The fourth-order valence-electron chi connectivity index (χ4n) is 0.701. The Balaban J connectivity index is 0. The molecule has 0 atom stereocenters. The molecule has 0 saturated carbocycles. The Labute approximate surface area is 152 Å². The molecular weight excluding hydrogens is 312 g/mol. The summed E-state index contributed by atoms with van der Waals surface area (Å²) in [7, 11) is -4.89. The molecule has 17 heavy (non-hydrogen) atoms. The van der Waals surface area contributed by atoms with Crippen molar-refractivity contribution in [3.05, 3.63) is 28.2 Å². The minimum absolute atomic E-state index is 0. The minimum atomic E-state index is -4.89. The van der Waals surface area contributed by atoms with Crippen LogP contribution in [-0.2, 0) is 4.57 Å². The van der Waals surface area contributed by atoms with Crippen LogP contribution in [0.1, 0.15) is 0 Å². The van der Waals surface area contributed by atoms with Crippen molar-refractivity contribution in [1.29, 1.82) is 0 Å². The number of rotatable bonds is 2. The molecule has 1 aromatic rings. The van der Waals surface area contributed by atoms with E-state index in [0.717, 1.165) is 0 Å². The summed E-state index contributed by atoms with van der Waals surface area (Å²) in [6, 6.07) is 3.78. The molecule has 2 radical (unpaired) electrons. The molecule has 0 aliphatic heterocycles. The van der Waals surface area contributed by atoms with Crippen LogP contribution in [0.2, 0.25) is 10.0 Å². The average molecular weight is 317 g/mol. The number of benzene rings is 1. The molecule has 0 saturated heterocycles. The Kier molecular flexibility index (Phi) is 10.4. The van der Waals surface area contributed by atoms with Gasteiger partial charge in [0.1, 0.15) is 5.75 Å². The van der Waals surface area contributed by atoms with Gasteiger partial charge in [0, 0.05) is 65.2 Å². The monoisotopic (exact) mass is 316 g/mol. The van der Waals surface area contributed by atoms with E-state index in [9.17, 15) is 9.36 Å². The van der Waals surface area contributed by atoms with Crippen molar-refractivity contribution in [1.82, 2.24) is 0 Å². The van der Waals surface area contributed by atoms with Crippen LogP contribution >= 0.6 is 30.8 Å². The molecule has 2 N–H and O–H groups in total. The van der Waals surface area contributed by atoms with Gasteiger partial charge in [-0.2, -0.15) is 0 Å². The summed E-state index contributed by atoms with van der Waals surface area (Å²) >= 11 is 11.2. The normalized spacial score (nSPS) is 9.88. The van der Waals surface area contributed by atoms with Gasteiger partial charge in [-0.3, -0.25) is 0 Å². The third-order valence-electron chi connectivity index (χ3n) is 1.33. The summed E-state index contributed by atoms with van der Waals surface area (Å²) < 4.78 is 14.8. The van der Waals surface area contributed by atoms with Crippen molar-refractivity contribution in [3.63, 3.8) is 0 Å². The van der Waals surface area contributed by atoms with Crippen LogP contribution in [0.3, 0.4) is 0 Å². The molecule has 0 fully saturated rings. The number of halogens is 2. The third-order valence-corrected chi connectivity index (χ3v) is 2.64. The van der Waals surface area contributed by atoms with E-state index >= 15 is 0 Å². The zero-order valence-electron chi connectivity index (χ0n) is 9.05. The maximum absolute atomic E-state index is 10.8. The topological polar surface area (TPSA) is 83.8 Å². The molecular formula is C7H5Cl2Na2O5P. The van der Waals surface area contributed by atoms with Gasteiger partial charge < -0.3 is 14.5 Å².